The number of hydrogen-bond donors (Lipinski definition) is 2. The van der Waals surface area contributed by atoms with E-state index in [9.17, 15) is 0 Å². The number of anilines is 2. The van der Waals surface area contributed by atoms with Crippen molar-refractivity contribution in [2.45, 2.75) is 52.2 Å². The summed E-state index contributed by atoms with van der Waals surface area (Å²) in [6.45, 7) is 10.2. The smallest absolute Gasteiger partial charge is 0.0726 e. The topological polar surface area (TPSA) is 50.5 Å². The van der Waals surface area contributed by atoms with Crippen LogP contribution >= 0.6 is 0 Å². The molecule has 22 heavy (non-hydrogen) atoms. The van der Waals surface area contributed by atoms with Gasteiger partial charge in [0.05, 0.1) is 12.2 Å². The molecule has 1 aliphatic heterocycles. The lowest BCUT2D eigenvalue weighted by atomic mass is 10.1. The number of nitrogens with zero attached hydrogens (tertiary/aromatic N) is 1. The number of nitrogens with one attached hydrogen (secondary N) is 1. The zero-order valence-electron chi connectivity index (χ0n) is 14.3. The summed E-state index contributed by atoms with van der Waals surface area (Å²) < 4.78 is 5.82. The number of rotatable bonds is 7. The van der Waals surface area contributed by atoms with Gasteiger partial charge in [0.25, 0.3) is 0 Å². The number of hydrogen-bond acceptors (Lipinski definition) is 4. The van der Waals surface area contributed by atoms with Gasteiger partial charge in [0.15, 0.2) is 0 Å². The van der Waals surface area contributed by atoms with E-state index in [0.29, 0.717) is 12.2 Å². The molecule has 0 aliphatic carbocycles. The maximum atomic E-state index is 5.82. The van der Waals surface area contributed by atoms with Crippen molar-refractivity contribution in [2.24, 2.45) is 5.73 Å². The first-order chi connectivity index (χ1) is 10.6. The average Bonchev–Trinajstić information content (AvgIpc) is 2.46. The summed E-state index contributed by atoms with van der Waals surface area (Å²) in [4.78, 5) is 2.44. The number of ether oxygens (including phenoxy) is 1. The van der Waals surface area contributed by atoms with Gasteiger partial charge < -0.3 is 20.7 Å². The fraction of sp³-hybridized carbons (Fsp3) is 0.667. The van der Waals surface area contributed by atoms with Crippen molar-refractivity contribution in [1.82, 2.24) is 0 Å². The SMILES string of the molecule is Cc1cc(NCCCCCN)ccc1N1C[C@@H](C)O[C@@H](C)C1. The Kier molecular flexibility index (Phi) is 6.52. The lowest BCUT2D eigenvalue weighted by molar-refractivity contribution is -0.00524. The normalized spacial score (nSPS) is 21.9. The second-order valence-corrected chi connectivity index (χ2v) is 6.44. The fourth-order valence-corrected chi connectivity index (χ4v) is 3.17. The van der Waals surface area contributed by atoms with E-state index in [0.717, 1.165) is 32.6 Å². The first-order valence-corrected chi connectivity index (χ1v) is 8.55. The van der Waals surface area contributed by atoms with Gasteiger partial charge in [-0.3, -0.25) is 0 Å². The molecule has 0 aromatic heterocycles. The van der Waals surface area contributed by atoms with Gasteiger partial charge in [0.1, 0.15) is 0 Å². The van der Waals surface area contributed by atoms with Crippen molar-refractivity contribution in [3.05, 3.63) is 23.8 Å². The van der Waals surface area contributed by atoms with E-state index >= 15 is 0 Å². The molecule has 0 unspecified atom stereocenters. The number of benzene rings is 1. The van der Waals surface area contributed by atoms with Gasteiger partial charge >= 0.3 is 0 Å². The van der Waals surface area contributed by atoms with Crippen LogP contribution in [0.3, 0.4) is 0 Å². The van der Waals surface area contributed by atoms with Gasteiger partial charge in [-0.05, 0) is 63.9 Å². The van der Waals surface area contributed by atoms with Gasteiger partial charge in [0, 0.05) is 31.0 Å². The van der Waals surface area contributed by atoms with E-state index in [2.05, 4.69) is 49.2 Å². The summed E-state index contributed by atoms with van der Waals surface area (Å²) in [5, 5.41) is 3.51. The van der Waals surface area contributed by atoms with Crippen molar-refractivity contribution >= 4 is 11.4 Å². The molecule has 0 radical (unpaired) electrons. The molecule has 2 rings (SSSR count). The lowest BCUT2D eigenvalue weighted by Gasteiger charge is -2.37. The van der Waals surface area contributed by atoms with Crippen LogP contribution in [-0.4, -0.2) is 38.4 Å². The van der Waals surface area contributed by atoms with Crippen LogP contribution in [0.5, 0.6) is 0 Å². The van der Waals surface area contributed by atoms with Crippen molar-refractivity contribution < 1.29 is 4.74 Å². The second kappa shape index (κ2) is 8.39. The fourth-order valence-electron chi connectivity index (χ4n) is 3.17. The van der Waals surface area contributed by atoms with Gasteiger partial charge in [0.2, 0.25) is 0 Å². The lowest BCUT2D eigenvalue weighted by Crippen LogP contribution is -2.45. The molecule has 3 N–H and O–H groups in total. The molecule has 1 aromatic carbocycles. The molecule has 1 aromatic rings. The van der Waals surface area contributed by atoms with Crippen LogP contribution in [0.15, 0.2) is 18.2 Å². The quantitative estimate of drug-likeness (QED) is 0.760. The van der Waals surface area contributed by atoms with Crippen LogP contribution in [0, 0.1) is 6.92 Å². The first kappa shape index (κ1) is 17.1. The third-order valence-electron chi connectivity index (χ3n) is 4.17. The van der Waals surface area contributed by atoms with Crippen LogP contribution in [-0.2, 0) is 4.74 Å². The summed E-state index contributed by atoms with van der Waals surface area (Å²) in [7, 11) is 0. The van der Waals surface area contributed by atoms with Crippen LogP contribution in [0.1, 0.15) is 38.7 Å². The Bertz CT molecular complexity index is 454. The molecule has 124 valence electrons. The van der Waals surface area contributed by atoms with E-state index in [-0.39, 0.29) is 0 Å². The standard InChI is InChI=1S/C18H31N3O/c1-14-11-17(20-10-6-4-5-9-19)7-8-18(14)21-12-15(2)22-16(3)13-21/h7-8,11,15-16,20H,4-6,9-10,12-13,19H2,1-3H3/t15-,16+. The Hall–Kier alpha value is -1.26. The summed E-state index contributed by atoms with van der Waals surface area (Å²) in [5.74, 6) is 0. The maximum Gasteiger partial charge on any atom is 0.0726 e. The third kappa shape index (κ3) is 4.89. The highest BCUT2D eigenvalue weighted by molar-refractivity contribution is 5.61. The molecule has 1 heterocycles. The first-order valence-electron chi connectivity index (χ1n) is 8.55. The van der Waals surface area contributed by atoms with Crippen molar-refractivity contribution in [3.63, 3.8) is 0 Å². The molecule has 2 atom stereocenters. The zero-order chi connectivity index (χ0) is 15.9. The molecule has 1 saturated heterocycles. The molecule has 4 heteroatoms. The second-order valence-electron chi connectivity index (χ2n) is 6.44. The average molecular weight is 305 g/mol. The number of aryl methyl sites for hydroxylation is 1. The van der Waals surface area contributed by atoms with E-state index < -0.39 is 0 Å². The Morgan fingerprint density at radius 2 is 1.91 bits per heavy atom. The van der Waals surface area contributed by atoms with Crippen LogP contribution in [0.4, 0.5) is 11.4 Å². The monoisotopic (exact) mass is 305 g/mol. The molecule has 0 bridgehead atoms. The molecule has 4 nitrogen and oxygen atoms in total. The molecule has 1 fully saturated rings. The predicted octanol–water partition coefficient (Wildman–Crippen LogP) is 3.15. The van der Waals surface area contributed by atoms with Crippen molar-refractivity contribution in [3.8, 4) is 0 Å². The number of morpholine rings is 1. The highest BCUT2D eigenvalue weighted by Gasteiger charge is 2.23. The largest absolute Gasteiger partial charge is 0.385 e. The minimum atomic E-state index is 0.295. The number of unbranched alkanes of at least 4 members (excludes halogenated alkanes) is 2. The van der Waals surface area contributed by atoms with Gasteiger partial charge in [-0.1, -0.05) is 6.42 Å². The summed E-state index contributed by atoms with van der Waals surface area (Å²) in [5.41, 5.74) is 9.38. The molecule has 0 saturated carbocycles. The summed E-state index contributed by atoms with van der Waals surface area (Å²) in [6.07, 6.45) is 4.08. The van der Waals surface area contributed by atoms with Gasteiger partial charge in [-0.25, -0.2) is 0 Å². The maximum absolute atomic E-state index is 5.82. The molecular weight excluding hydrogens is 274 g/mol. The minimum absolute atomic E-state index is 0.295. The van der Waals surface area contributed by atoms with Crippen LogP contribution < -0.4 is 16.0 Å². The molecule has 1 aliphatic rings. The highest BCUT2D eigenvalue weighted by atomic mass is 16.5. The minimum Gasteiger partial charge on any atom is -0.385 e. The summed E-state index contributed by atoms with van der Waals surface area (Å²) >= 11 is 0. The van der Waals surface area contributed by atoms with E-state index in [1.54, 1.807) is 0 Å². The Morgan fingerprint density at radius 3 is 2.55 bits per heavy atom. The van der Waals surface area contributed by atoms with Gasteiger partial charge in [-0.2, -0.15) is 0 Å². The zero-order valence-corrected chi connectivity index (χ0v) is 14.3. The van der Waals surface area contributed by atoms with Crippen molar-refractivity contribution in [1.29, 1.82) is 0 Å². The van der Waals surface area contributed by atoms with E-state index in [1.807, 2.05) is 0 Å². The Labute approximate surface area is 135 Å². The molecule has 0 spiro atoms. The highest BCUT2D eigenvalue weighted by Crippen LogP contribution is 2.26. The van der Waals surface area contributed by atoms with Crippen molar-refractivity contribution in [2.75, 3.05) is 36.4 Å². The van der Waals surface area contributed by atoms with E-state index in [4.69, 9.17) is 10.5 Å². The van der Waals surface area contributed by atoms with Crippen LogP contribution in [0.2, 0.25) is 0 Å². The predicted molar refractivity (Wildman–Crippen MR) is 94.8 cm³/mol. The number of nitrogens with two attached hydrogens (primary N) is 1. The van der Waals surface area contributed by atoms with Gasteiger partial charge in [-0.15, -0.1) is 0 Å². The van der Waals surface area contributed by atoms with Crippen LogP contribution in [0.25, 0.3) is 0 Å². The Balaban J connectivity index is 1.91. The molecular formula is C18H31N3O. The third-order valence-corrected chi connectivity index (χ3v) is 4.17. The Morgan fingerprint density at radius 1 is 1.18 bits per heavy atom. The van der Waals surface area contributed by atoms with E-state index in [1.165, 1.54) is 29.8 Å². The molecule has 0 amide bonds. The summed E-state index contributed by atoms with van der Waals surface area (Å²) in [6, 6.07) is 6.68.